The maximum Gasteiger partial charge on any atom is 0.269 e. The first-order chi connectivity index (χ1) is 8.09. The second-order valence-corrected chi connectivity index (χ2v) is 3.73. The lowest BCUT2D eigenvalue weighted by Crippen LogP contribution is -2.11. The van der Waals surface area contributed by atoms with Crippen molar-refractivity contribution in [3.05, 3.63) is 52.2 Å². The van der Waals surface area contributed by atoms with Crippen LogP contribution in [0.5, 0.6) is 0 Å². The number of nitrogen functional groups attached to an aromatic ring is 1. The number of rotatable bonds is 3. The molecule has 0 bridgehead atoms. The van der Waals surface area contributed by atoms with Crippen LogP contribution < -0.4 is 5.73 Å². The number of non-ortho nitro benzene ring substituents is 1. The summed E-state index contributed by atoms with van der Waals surface area (Å²) >= 11 is 0. The Bertz CT molecular complexity index is 533. The molecule has 1 aromatic carbocycles. The SMILES string of the molecule is CC(c1ccc([N+](=O)[O-])cc1)n1nccc1N. The van der Waals surface area contributed by atoms with E-state index in [1.54, 1.807) is 29.1 Å². The smallest absolute Gasteiger partial charge is 0.269 e. The highest BCUT2D eigenvalue weighted by Crippen LogP contribution is 2.22. The van der Waals surface area contributed by atoms with Crippen LogP contribution in [-0.2, 0) is 0 Å². The number of nitro benzene ring substituents is 1. The molecule has 0 spiro atoms. The molecule has 0 fully saturated rings. The van der Waals surface area contributed by atoms with E-state index in [1.807, 2.05) is 6.92 Å². The minimum atomic E-state index is -0.420. The Kier molecular flexibility index (Phi) is 2.78. The van der Waals surface area contributed by atoms with Crippen molar-refractivity contribution in [1.29, 1.82) is 0 Å². The number of hydrogen-bond donors (Lipinski definition) is 1. The van der Waals surface area contributed by atoms with Crippen molar-refractivity contribution in [3.63, 3.8) is 0 Å². The molecule has 1 atom stereocenters. The lowest BCUT2D eigenvalue weighted by molar-refractivity contribution is -0.384. The van der Waals surface area contributed by atoms with E-state index >= 15 is 0 Å². The van der Waals surface area contributed by atoms with Gasteiger partial charge in [0.05, 0.1) is 17.2 Å². The van der Waals surface area contributed by atoms with Crippen molar-refractivity contribution in [2.24, 2.45) is 0 Å². The van der Waals surface area contributed by atoms with Crippen LogP contribution in [0.4, 0.5) is 11.5 Å². The van der Waals surface area contributed by atoms with Gasteiger partial charge in [-0.15, -0.1) is 0 Å². The van der Waals surface area contributed by atoms with Gasteiger partial charge in [0.1, 0.15) is 5.82 Å². The fourth-order valence-corrected chi connectivity index (χ4v) is 1.66. The van der Waals surface area contributed by atoms with Gasteiger partial charge >= 0.3 is 0 Å². The standard InChI is InChI=1S/C11H12N4O2/c1-8(14-11(12)6-7-13-14)9-2-4-10(5-3-9)15(16)17/h2-8H,12H2,1H3. The van der Waals surface area contributed by atoms with Gasteiger partial charge in [0.2, 0.25) is 0 Å². The minimum Gasteiger partial charge on any atom is -0.384 e. The lowest BCUT2D eigenvalue weighted by atomic mass is 10.1. The summed E-state index contributed by atoms with van der Waals surface area (Å²) in [6.07, 6.45) is 1.62. The summed E-state index contributed by atoms with van der Waals surface area (Å²) in [5.74, 6) is 0.566. The summed E-state index contributed by atoms with van der Waals surface area (Å²) in [5.41, 5.74) is 6.75. The van der Waals surface area contributed by atoms with Crippen molar-refractivity contribution in [2.45, 2.75) is 13.0 Å². The highest BCUT2D eigenvalue weighted by molar-refractivity contribution is 5.36. The van der Waals surface area contributed by atoms with Crippen LogP contribution in [-0.4, -0.2) is 14.7 Å². The molecule has 6 nitrogen and oxygen atoms in total. The molecule has 1 heterocycles. The molecule has 6 heteroatoms. The van der Waals surface area contributed by atoms with E-state index in [0.29, 0.717) is 5.82 Å². The zero-order chi connectivity index (χ0) is 12.4. The minimum absolute atomic E-state index is 0.0502. The number of hydrogen-bond acceptors (Lipinski definition) is 4. The Morgan fingerprint density at radius 2 is 2.00 bits per heavy atom. The van der Waals surface area contributed by atoms with E-state index in [4.69, 9.17) is 5.73 Å². The molecular weight excluding hydrogens is 220 g/mol. The zero-order valence-corrected chi connectivity index (χ0v) is 9.28. The molecular formula is C11H12N4O2. The lowest BCUT2D eigenvalue weighted by Gasteiger charge is -2.13. The van der Waals surface area contributed by atoms with Crippen LogP contribution in [0.15, 0.2) is 36.5 Å². The van der Waals surface area contributed by atoms with E-state index < -0.39 is 4.92 Å². The maximum absolute atomic E-state index is 10.5. The van der Waals surface area contributed by atoms with Crippen LogP contribution in [0.3, 0.4) is 0 Å². The predicted molar refractivity (Wildman–Crippen MR) is 63.5 cm³/mol. The monoisotopic (exact) mass is 232 g/mol. The van der Waals surface area contributed by atoms with Gasteiger partial charge in [-0.2, -0.15) is 5.10 Å². The topological polar surface area (TPSA) is 87.0 Å². The maximum atomic E-state index is 10.5. The molecule has 0 saturated carbocycles. The van der Waals surface area contributed by atoms with E-state index in [2.05, 4.69) is 5.10 Å². The highest BCUT2D eigenvalue weighted by Gasteiger charge is 2.12. The van der Waals surface area contributed by atoms with Crippen molar-refractivity contribution in [3.8, 4) is 0 Å². The summed E-state index contributed by atoms with van der Waals surface area (Å²) in [5, 5.41) is 14.6. The molecule has 0 aliphatic heterocycles. The second-order valence-electron chi connectivity index (χ2n) is 3.73. The molecule has 88 valence electrons. The first-order valence-corrected chi connectivity index (χ1v) is 5.13. The van der Waals surface area contributed by atoms with Gasteiger partial charge in [0.15, 0.2) is 0 Å². The predicted octanol–water partition coefficient (Wildman–Crippen LogP) is 1.98. The average Bonchev–Trinajstić information content (AvgIpc) is 2.74. The molecule has 2 aromatic rings. The third-order valence-corrected chi connectivity index (χ3v) is 2.65. The molecule has 1 unspecified atom stereocenters. The van der Waals surface area contributed by atoms with Gasteiger partial charge in [-0.3, -0.25) is 10.1 Å². The number of aromatic nitrogens is 2. The van der Waals surface area contributed by atoms with Gasteiger partial charge in [-0.05, 0) is 18.6 Å². The Hall–Kier alpha value is -2.37. The first-order valence-electron chi connectivity index (χ1n) is 5.13. The third kappa shape index (κ3) is 2.10. The second kappa shape index (κ2) is 4.25. The Morgan fingerprint density at radius 1 is 1.35 bits per heavy atom. The summed E-state index contributed by atoms with van der Waals surface area (Å²) in [7, 11) is 0. The zero-order valence-electron chi connectivity index (χ0n) is 9.28. The molecule has 1 aromatic heterocycles. The fourth-order valence-electron chi connectivity index (χ4n) is 1.66. The van der Waals surface area contributed by atoms with Crippen molar-refractivity contribution in [2.75, 3.05) is 5.73 Å². The highest BCUT2D eigenvalue weighted by atomic mass is 16.6. The van der Waals surface area contributed by atoms with Crippen molar-refractivity contribution >= 4 is 11.5 Å². The molecule has 2 N–H and O–H groups in total. The van der Waals surface area contributed by atoms with Gasteiger partial charge in [-0.25, -0.2) is 4.68 Å². The van der Waals surface area contributed by atoms with Gasteiger partial charge in [0.25, 0.3) is 5.69 Å². The normalized spacial score (nSPS) is 12.3. The van der Waals surface area contributed by atoms with Crippen LogP contribution >= 0.6 is 0 Å². The molecule has 0 radical (unpaired) electrons. The third-order valence-electron chi connectivity index (χ3n) is 2.65. The molecule has 0 aliphatic rings. The van der Waals surface area contributed by atoms with Gasteiger partial charge in [-0.1, -0.05) is 12.1 Å². The van der Waals surface area contributed by atoms with Crippen LogP contribution in [0.2, 0.25) is 0 Å². The van der Waals surface area contributed by atoms with Gasteiger partial charge < -0.3 is 5.73 Å². The Balaban J connectivity index is 2.29. The number of nitrogens with two attached hydrogens (primary N) is 1. The summed E-state index contributed by atoms with van der Waals surface area (Å²) in [4.78, 5) is 10.1. The summed E-state index contributed by atoms with van der Waals surface area (Å²) in [6.45, 7) is 1.94. The molecule has 17 heavy (non-hydrogen) atoms. The number of nitrogens with zero attached hydrogens (tertiary/aromatic N) is 3. The van der Waals surface area contributed by atoms with E-state index in [-0.39, 0.29) is 11.7 Å². The largest absolute Gasteiger partial charge is 0.384 e. The van der Waals surface area contributed by atoms with Gasteiger partial charge in [0, 0.05) is 12.1 Å². The van der Waals surface area contributed by atoms with Crippen LogP contribution in [0, 0.1) is 10.1 Å². The van der Waals surface area contributed by atoms with Crippen molar-refractivity contribution < 1.29 is 4.92 Å². The fraction of sp³-hybridized carbons (Fsp3) is 0.182. The number of benzene rings is 1. The Morgan fingerprint density at radius 3 is 2.47 bits per heavy atom. The quantitative estimate of drug-likeness (QED) is 0.647. The Labute approximate surface area is 97.8 Å². The number of nitro groups is 1. The van der Waals surface area contributed by atoms with E-state index in [1.165, 1.54) is 12.1 Å². The van der Waals surface area contributed by atoms with Crippen LogP contribution in [0.1, 0.15) is 18.5 Å². The molecule has 0 amide bonds. The van der Waals surface area contributed by atoms with E-state index in [0.717, 1.165) is 5.56 Å². The molecule has 0 aliphatic carbocycles. The van der Waals surface area contributed by atoms with E-state index in [9.17, 15) is 10.1 Å². The van der Waals surface area contributed by atoms with Crippen molar-refractivity contribution in [1.82, 2.24) is 9.78 Å². The summed E-state index contributed by atoms with van der Waals surface area (Å²) < 4.78 is 1.67. The molecule has 2 rings (SSSR count). The first kappa shape index (κ1) is 11.1. The molecule has 0 saturated heterocycles. The number of anilines is 1. The average molecular weight is 232 g/mol. The summed E-state index contributed by atoms with van der Waals surface area (Å²) in [6, 6.07) is 8.04. The van der Waals surface area contributed by atoms with Crippen LogP contribution in [0.25, 0.3) is 0 Å².